The summed E-state index contributed by atoms with van der Waals surface area (Å²) in [6.07, 6.45) is 5.84. The Morgan fingerprint density at radius 1 is 1.20 bits per heavy atom. The molecule has 0 aromatic rings. The van der Waals surface area contributed by atoms with Crippen molar-refractivity contribution in [2.45, 2.75) is 45.1 Å². The van der Waals surface area contributed by atoms with Crippen molar-refractivity contribution in [1.29, 1.82) is 0 Å². The van der Waals surface area contributed by atoms with Gasteiger partial charge in [0.1, 0.15) is 0 Å². The van der Waals surface area contributed by atoms with Crippen LogP contribution in [0.3, 0.4) is 0 Å². The second kappa shape index (κ2) is 5.26. The number of amides is 2. The molecule has 2 saturated carbocycles. The van der Waals surface area contributed by atoms with E-state index in [0.717, 1.165) is 18.4 Å². The van der Waals surface area contributed by atoms with Crippen molar-refractivity contribution in [3.8, 4) is 0 Å². The fraction of sp³-hybridized carbons (Fsp3) is 0.867. The number of hydrogen-bond donors (Lipinski definition) is 2. The molecule has 1 saturated heterocycles. The third-order valence-corrected chi connectivity index (χ3v) is 5.28. The van der Waals surface area contributed by atoms with Gasteiger partial charge in [-0.15, -0.1) is 0 Å². The number of nitrogens with one attached hydrogen (secondary N) is 1. The van der Waals surface area contributed by atoms with Crippen molar-refractivity contribution in [3.63, 3.8) is 0 Å². The quantitative estimate of drug-likeness (QED) is 0.808. The van der Waals surface area contributed by atoms with Gasteiger partial charge in [-0.05, 0) is 56.8 Å². The second-order valence-electron chi connectivity index (χ2n) is 6.69. The van der Waals surface area contributed by atoms with E-state index in [4.69, 9.17) is 5.11 Å². The number of rotatable bonds is 5. The highest BCUT2D eigenvalue weighted by Crippen LogP contribution is 2.48. The molecule has 2 aliphatic carbocycles. The molecule has 1 aliphatic heterocycles. The Kier molecular flexibility index (Phi) is 3.61. The van der Waals surface area contributed by atoms with Crippen molar-refractivity contribution in [2.75, 3.05) is 13.1 Å². The lowest BCUT2D eigenvalue weighted by atomic mass is 9.98. The van der Waals surface area contributed by atoms with Crippen LogP contribution in [0.2, 0.25) is 0 Å². The monoisotopic (exact) mass is 280 g/mol. The van der Waals surface area contributed by atoms with Gasteiger partial charge in [0, 0.05) is 19.1 Å². The average Bonchev–Trinajstić information content (AvgIpc) is 3.29. The molecule has 2 amide bonds. The fourth-order valence-electron chi connectivity index (χ4n) is 3.63. The molecule has 0 aromatic carbocycles. The van der Waals surface area contributed by atoms with Crippen LogP contribution < -0.4 is 5.32 Å². The highest BCUT2D eigenvalue weighted by atomic mass is 16.4. The van der Waals surface area contributed by atoms with Crippen LogP contribution in [-0.2, 0) is 4.79 Å². The molecular weight excluding hydrogens is 256 g/mol. The summed E-state index contributed by atoms with van der Waals surface area (Å²) in [5.74, 6) is 1.10. The number of carboxylic acids is 1. The first-order chi connectivity index (χ1) is 9.58. The first-order valence-electron chi connectivity index (χ1n) is 7.85. The van der Waals surface area contributed by atoms with E-state index in [1.807, 2.05) is 6.92 Å². The van der Waals surface area contributed by atoms with Crippen LogP contribution in [0, 0.1) is 23.7 Å². The Hall–Kier alpha value is -1.26. The van der Waals surface area contributed by atoms with E-state index in [2.05, 4.69) is 5.32 Å². The summed E-state index contributed by atoms with van der Waals surface area (Å²) in [6, 6.07) is -0.277. The fourth-order valence-corrected chi connectivity index (χ4v) is 3.63. The lowest BCUT2D eigenvalue weighted by Crippen LogP contribution is -2.45. The number of hydrogen-bond acceptors (Lipinski definition) is 2. The number of nitrogens with zero attached hydrogens (tertiary/aromatic N) is 1. The van der Waals surface area contributed by atoms with Crippen molar-refractivity contribution in [1.82, 2.24) is 10.2 Å². The van der Waals surface area contributed by atoms with Crippen LogP contribution in [0.25, 0.3) is 0 Å². The van der Waals surface area contributed by atoms with Crippen LogP contribution in [0.15, 0.2) is 0 Å². The van der Waals surface area contributed by atoms with E-state index in [9.17, 15) is 9.59 Å². The normalized spacial score (nSPS) is 29.8. The second-order valence-corrected chi connectivity index (χ2v) is 6.69. The van der Waals surface area contributed by atoms with Gasteiger partial charge in [0.2, 0.25) is 0 Å². The zero-order valence-corrected chi connectivity index (χ0v) is 12.0. The van der Waals surface area contributed by atoms with Crippen molar-refractivity contribution >= 4 is 12.0 Å². The molecule has 5 nitrogen and oxygen atoms in total. The Balaban J connectivity index is 1.50. The summed E-state index contributed by atoms with van der Waals surface area (Å²) in [5, 5.41) is 12.2. The van der Waals surface area contributed by atoms with Crippen molar-refractivity contribution in [2.24, 2.45) is 23.7 Å². The minimum atomic E-state index is -0.790. The van der Waals surface area contributed by atoms with Gasteiger partial charge in [0.25, 0.3) is 0 Å². The summed E-state index contributed by atoms with van der Waals surface area (Å²) in [6.45, 7) is 3.17. The Morgan fingerprint density at radius 2 is 1.80 bits per heavy atom. The van der Waals surface area contributed by atoms with Crippen LogP contribution in [0.5, 0.6) is 0 Å². The van der Waals surface area contributed by atoms with Gasteiger partial charge in [0.05, 0.1) is 5.92 Å². The SMILES string of the molecule is CC1C(C(=O)O)CCN1C(=O)NCC(C1CC1)C1CC1. The van der Waals surface area contributed by atoms with Gasteiger partial charge in [-0.1, -0.05) is 0 Å². The molecule has 2 unspecified atom stereocenters. The summed E-state index contributed by atoms with van der Waals surface area (Å²) in [4.78, 5) is 25.0. The Bertz CT molecular complexity index is 392. The van der Waals surface area contributed by atoms with Gasteiger partial charge in [-0.25, -0.2) is 4.79 Å². The number of likely N-dealkylation sites (tertiary alicyclic amines) is 1. The molecule has 0 spiro atoms. The first kappa shape index (κ1) is 13.7. The van der Waals surface area contributed by atoms with E-state index < -0.39 is 11.9 Å². The number of carbonyl (C=O) groups excluding carboxylic acids is 1. The number of aliphatic carboxylic acids is 1. The lowest BCUT2D eigenvalue weighted by Gasteiger charge is -2.25. The van der Waals surface area contributed by atoms with E-state index in [0.29, 0.717) is 18.9 Å². The molecule has 112 valence electrons. The maximum absolute atomic E-state index is 12.2. The zero-order chi connectivity index (χ0) is 14.3. The molecule has 2 N–H and O–H groups in total. The maximum Gasteiger partial charge on any atom is 0.317 e. The summed E-state index contributed by atoms with van der Waals surface area (Å²) in [7, 11) is 0. The molecule has 2 atom stereocenters. The average molecular weight is 280 g/mol. The maximum atomic E-state index is 12.2. The zero-order valence-electron chi connectivity index (χ0n) is 12.0. The van der Waals surface area contributed by atoms with E-state index >= 15 is 0 Å². The standard InChI is InChI=1S/C15H24N2O3/c1-9-12(14(18)19)6-7-17(9)15(20)16-8-13(10-2-3-10)11-4-5-11/h9-13H,2-8H2,1H3,(H,16,20)(H,18,19). The van der Waals surface area contributed by atoms with Crippen LogP contribution in [-0.4, -0.2) is 41.1 Å². The molecule has 0 radical (unpaired) electrons. The predicted octanol–water partition coefficient (Wildman–Crippen LogP) is 1.93. The molecule has 5 heteroatoms. The highest BCUT2D eigenvalue weighted by molar-refractivity contribution is 5.78. The molecule has 3 fully saturated rings. The Morgan fingerprint density at radius 3 is 2.25 bits per heavy atom. The number of urea groups is 1. The molecule has 0 aromatic heterocycles. The minimum absolute atomic E-state index is 0.0763. The van der Waals surface area contributed by atoms with Crippen molar-refractivity contribution in [3.05, 3.63) is 0 Å². The van der Waals surface area contributed by atoms with Crippen molar-refractivity contribution < 1.29 is 14.7 Å². The molecule has 3 rings (SSSR count). The van der Waals surface area contributed by atoms with Gasteiger partial charge < -0.3 is 15.3 Å². The van der Waals surface area contributed by atoms with E-state index in [1.165, 1.54) is 25.7 Å². The van der Waals surface area contributed by atoms with Gasteiger partial charge in [-0.3, -0.25) is 4.79 Å². The smallest absolute Gasteiger partial charge is 0.317 e. The number of carboxylic acid groups (broad SMARTS) is 1. The topological polar surface area (TPSA) is 69.6 Å². The Labute approximate surface area is 119 Å². The number of carbonyl (C=O) groups is 2. The van der Waals surface area contributed by atoms with Crippen LogP contribution in [0.4, 0.5) is 4.79 Å². The minimum Gasteiger partial charge on any atom is -0.481 e. The summed E-state index contributed by atoms with van der Waals surface area (Å²) >= 11 is 0. The molecular formula is C15H24N2O3. The van der Waals surface area contributed by atoms with E-state index in [1.54, 1.807) is 4.90 Å². The van der Waals surface area contributed by atoms with Gasteiger partial charge in [0.15, 0.2) is 0 Å². The molecule has 3 aliphatic rings. The van der Waals surface area contributed by atoms with E-state index in [-0.39, 0.29) is 12.1 Å². The first-order valence-corrected chi connectivity index (χ1v) is 7.85. The summed E-state index contributed by atoms with van der Waals surface area (Å²) in [5.41, 5.74) is 0. The van der Waals surface area contributed by atoms with Gasteiger partial charge >= 0.3 is 12.0 Å². The molecule has 20 heavy (non-hydrogen) atoms. The largest absolute Gasteiger partial charge is 0.481 e. The molecule has 1 heterocycles. The third kappa shape index (κ3) is 2.76. The summed E-state index contributed by atoms with van der Waals surface area (Å²) < 4.78 is 0. The third-order valence-electron chi connectivity index (χ3n) is 5.28. The highest BCUT2D eigenvalue weighted by Gasteiger charge is 2.42. The van der Waals surface area contributed by atoms with Gasteiger partial charge in [-0.2, -0.15) is 0 Å². The predicted molar refractivity (Wildman–Crippen MR) is 74.2 cm³/mol. The lowest BCUT2D eigenvalue weighted by molar-refractivity contribution is -0.142. The molecule has 0 bridgehead atoms. The van der Waals surface area contributed by atoms with Crippen LogP contribution in [0.1, 0.15) is 39.0 Å². The van der Waals surface area contributed by atoms with Crippen LogP contribution >= 0.6 is 0 Å².